The van der Waals surface area contributed by atoms with E-state index in [1.807, 2.05) is 0 Å². The fraction of sp³-hybridized carbons (Fsp3) is 0.842. The lowest BCUT2D eigenvalue weighted by Crippen LogP contribution is -2.35. The number of amides is 3. The summed E-state index contributed by atoms with van der Waals surface area (Å²) in [7, 11) is 3.03. The van der Waals surface area contributed by atoms with Crippen molar-refractivity contribution in [3.63, 3.8) is 0 Å². The Bertz CT molecular complexity index is 471. The van der Waals surface area contributed by atoms with Crippen molar-refractivity contribution in [2.75, 3.05) is 73.5 Å². The Labute approximate surface area is 188 Å². The number of hydrogen-bond donors (Lipinski definition) is 4. The normalized spacial score (nSPS) is 10.6. The third-order valence-electron chi connectivity index (χ3n) is 3.86. The minimum absolute atomic E-state index is 0.0960. The maximum Gasteiger partial charge on any atom is 0.407 e. The average Bonchev–Trinajstić information content (AvgIpc) is 2.78. The fourth-order valence-electron chi connectivity index (χ4n) is 2.20. The molecule has 0 aromatic rings. The average molecular weight is 467 g/mol. The predicted molar refractivity (Wildman–Crippen MR) is 114 cm³/mol. The van der Waals surface area contributed by atoms with Gasteiger partial charge in [-0.15, -0.1) is 0 Å². The van der Waals surface area contributed by atoms with Crippen LogP contribution in [0.3, 0.4) is 0 Å². The highest BCUT2D eigenvalue weighted by Crippen LogP contribution is 2.00. The zero-order valence-corrected chi connectivity index (χ0v) is 19.0. The van der Waals surface area contributed by atoms with Gasteiger partial charge in [0.1, 0.15) is 19.3 Å². The maximum absolute atomic E-state index is 11.8. The Morgan fingerprint density at radius 1 is 0.750 bits per heavy atom. The third-order valence-corrected chi connectivity index (χ3v) is 3.86. The minimum Gasteiger partial charge on any atom is -0.447 e. The van der Waals surface area contributed by atoms with Crippen LogP contribution in [0.15, 0.2) is 0 Å². The topological polar surface area (TPSA) is 169 Å². The molecule has 0 heterocycles. The SMILES string of the molecule is COCCNC(=O)OCC(COC(=O)NCCOC)OCCCC(=O)NCCCCON. The molecule has 13 nitrogen and oxygen atoms in total. The molecule has 5 N–H and O–H groups in total. The van der Waals surface area contributed by atoms with E-state index in [0.717, 1.165) is 12.8 Å². The van der Waals surface area contributed by atoms with Gasteiger partial charge in [-0.3, -0.25) is 4.79 Å². The zero-order chi connectivity index (χ0) is 23.9. The van der Waals surface area contributed by atoms with E-state index in [1.165, 1.54) is 14.2 Å². The second-order valence-electron chi connectivity index (χ2n) is 6.56. The van der Waals surface area contributed by atoms with E-state index in [0.29, 0.717) is 45.9 Å². The van der Waals surface area contributed by atoms with Crippen LogP contribution < -0.4 is 21.8 Å². The number of nitrogens with two attached hydrogens (primary N) is 1. The van der Waals surface area contributed by atoms with Gasteiger partial charge in [-0.1, -0.05) is 0 Å². The van der Waals surface area contributed by atoms with Crippen LogP contribution in [0.5, 0.6) is 0 Å². The number of nitrogens with one attached hydrogen (secondary N) is 3. The maximum atomic E-state index is 11.8. The van der Waals surface area contributed by atoms with Crippen molar-refractivity contribution < 1.29 is 42.9 Å². The van der Waals surface area contributed by atoms with Crippen molar-refractivity contribution >= 4 is 18.1 Å². The summed E-state index contributed by atoms with van der Waals surface area (Å²) < 4.78 is 25.5. The number of hydrogen-bond acceptors (Lipinski definition) is 10. The summed E-state index contributed by atoms with van der Waals surface area (Å²) in [5.41, 5.74) is 0. The van der Waals surface area contributed by atoms with Gasteiger partial charge in [0, 0.05) is 46.9 Å². The molecule has 0 aliphatic carbocycles. The molecule has 0 aliphatic rings. The molecular weight excluding hydrogens is 428 g/mol. The molecule has 0 spiro atoms. The number of alkyl carbamates (subject to hydrolysis) is 2. The first-order valence-corrected chi connectivity index (χ1v) is 10.5. The van der Waals surface area contributed by atoms with Gasteiger partial charge in [-0.05, 0) is 19.3 Å². The summed E-state index contributed by atoms with van der Waals surface area (Å²) in [5, 5.41) is 7.81. The smallest absolute Gasteiger partial charge is 0.407 e. The van der Waals surface area contributed by atoms with Crippen molar-refractivity contribution in [1.82, 2.24) is 16.0 Å². The molecule has 3 amide bonds. The van der Waals surface area contributed by atoms with E-state index in [1.54, 1.807) is 0 Å². The van der Waals surface area contributed by atoms with Gasteiger partial charge in [0.2, 0.25) is 5.91 Å². The van der Waals surface area contributed by atoms with Crippen molar-refractivity contribution in [2.24, 2.45) is 5.90 Å². The summed E-state index contributed by atoms with van der Waals surface area (Å²) in [6.45, 7) is 2.27. The van der Waals surface area contributed by atoms with Crippen molar-refractivity contribution in [3.8, 4) is 0 Å². The van der Waals surface area contributed by atoms with Crippen molar-refractivity contribution in [1.29, 1.82) is 0 Å². The van der Waals surface area contributed by atoms with E-state index in [9.17, 15) is 14.4 Å². The first kappa shape index (κ1) is 29.8. The second kappa shape index (κ2) is 22.0. The number of carbonyl (C=O) groups is 3. The van der Waals surface area contributed by atoms with Crippen LogP contribution in [0.4, 0.5) is 9.59 Å². The summed E-state index contributed by atoms with van der Waals surface area (Å²) in [6.07, 6.45) is 0.301. The molecule has 0 rings (SSSR count). The molecule has 0 saturated heterocycles. The lowest BCUT2D eigenvalue weighted by Gasteiger charge is -2.18. The van der Waals surface area contributed by atoms with Crippen LogP contribution in [0.25, 0.3) is 0 Å². The standard InChI is InChI=1S/C19H38N4O9/c1-27-12-8-22-18(25)30-14-16(15-31-19(26)23-9-13-28-2)29-10-5-6-17(24)21-7-3-4-11-32-20/h16H,3-15,20H2,1-2H3,(H,21,24)(H,22,25)(H,23,26). The van der Waals surface area contributed by atoms with Gasteiger partial charge in [-0.25, -0.2) is 15.5 Å². The lowest BCUT2D eigenvalue weighted by atomic mass is 10.3. The molecule has 0 aromatic heterocycles. The molecule has 0 radical (unpaired) electrons. The zero-order valence-electron chi connectivity index (χ0n) is 19.0. The summed E-state index contributed by atoms with van der Waals surface area (Å²) in [4.78, 5) is 39.6. The van der Waals surface area contributed by atoms with Crippen LogP contribution in [0.1, 0.15) is 25.7 Å². The number of methoxy groups -OCH3 is 2. The molecule has 0 atom stereocenters. The number of ether oxygens (including phenoxy) is 5. The van der Waals surface area contributed by atoms with Gasteiger partial charge in [0.25, 0.3) is 0 Å². The van der Waals surface area contributed by atoms with Crippen molar-refractivity contribution in [2.45, 2.75) is 31.8 Å². The first-order chi connectivity index (χ1) is 15.5. The Hall–Kier alpha value is -2.19. The van der Waals surface area contributed by atoms with Gasteiger partial charge in [0.15, 0.2) is 0 Å². The first-order valence-electron chi connectivity index (χ1n) is 10.5. The van der Waals surface area contributed by atoms with E-state index < -0.39 is 18.3 Å². The Morgan fingerprint density at radius 2 is 1.34 bits per heavy atom. The van der Waals surface area contributed by atoms with E-state index in [-0.39, 0.29) is 32.1 Å². The molecule has 0 bridgehead atoms. The Kier molecular flexibility index (Phi) is 20.5. The van der Waals surface area contributed by atoms with Crippen molar-refractivity contribution in [3.05, 3.63) is 0 Å². The van der Waals surface area contributed by atoms with E-state index in [4.69, 9.17) is 29.6 Å². The van der Waals surface area contributed by atoms with Crippen LogP contribution in [0.2, 0.25) is 0 Å². The number of rotatable bonds is 20. The summed E-state index contributed by atoms with van der Waals surface area (Å²) in [5.74, 6) is 4.84. The Balaban J connectivity index is 4.22. The van der Waals surface area contributed by atoms with Gasteiger partial charge in [0.05, 0.1) is 19.8 Å². The molecular formula is C19H38N4O9. The van der Waals surface area contributed by atoms with Gasteiger partial charge in [-0.2, -0.15) is 0 Å². The monoisotopic (exact) mass is 466 g/mol. The molecule has 32 heavy (non-hydrogen) atoms. The molecule has 0 fully saturated rings. The number of unbranched alkanes of at least 4 members (excludes halogenated alkanes) is 1. The van der Waals surface area contributed by atoms with Crippen LogP contribution in [-0.2, 0) is 33.3 Å². The summed E-state index contributed by atoms with van der Waals surface area (Å²) >= 11 is 0. The Morgan fingerprint density at radius 3 is 1.88 bits per heavy atom. The highest BCUT2D eigenvalue weighted by atomic mass is 16.6. The van der Waals surface area contributed by atoms with Gasteiger partial charge < -0.3 is 44.5 Å². The molecule has 13 heteroatoms. The quantitative estimate of drug-likeness (QED) is 0.138. The molecule has 0 aliphatic heterocycles. The van der Waals surface area contributed by atoms with Crippen LogP contribution >= 0.6 is 0 Å². The molecule has 188 valence electrons. The molecule has 0 unspecified atom stereocenters. The third kappa shape index (κ3) is 19.8. The largest absolute Gasteiger partial charge is 0.447 e. The highest BCUT2D eigenvalue weighted by molar-refractivity contribution is 5.75. The fourth-order valence-corrected chi connectivity index (χ4v) is 2.20. The molecule has 0 aromatic carbocycles. The number of carbonyl (C=O) groups excluding carboxylic acids is 3. The van der Waals surface area contributed by atoms with Gasteiger partial charge >= 0.3 is 12.2 Å². The highest BCUT2D eigenvalue weighted by Gasteiger charge is 2.16. The summed E-state index contributed by atoms with van der Waals surface area (Å²) in [6, 6.07) is 0. The van der Waals surface area contributed by atoms with Crippen LogP contribution in [0, 0.1) is 0 Å². The minimum atomic E-state index is -0.685. The van der Waals surface area contributed by atoms with Crippen LogP contribution in [-0.4, -0.2) is 97.7 Å². The predicted octanol–water partition coefficient (Wildman–Crippen LogP) is -0.316. The second-order valence-corrected chi connectivity index (χ2v) is 6.56. The van der Waals surface area contributed by atoms with E-state index in [2.05, 4.69) is 20.8 Å². The molecule has 0 saturated carbocycles. The van der Waals surface area contributed by atoms with E-state index >= 15 is 0 Å². The lowest BCUT2D eigenvalue weighted by molar-refractivity contribution is -0.121.